The Morgan fingerprint density at radius 1 is 0.909 bits per heavy atom. The molecule has 0 saturated carbocycles. The molecule has 3 rings (SSSR count). The molecule has 33 heavy (non-hydrogen) atoms. The van der Waals surface area contributed by atoms with Crippen molar-refractivity contribution in [2.24, 2.45) is 0 Å². The molecule has 0 saturated heterocycles. The summed E-state index contributed by atoms with van der Waals surface area (Å²) in [6, 6.07) is 12.3. The fourth-order valence-electron chi connectivity index (χ4n) is 3.93. The normalized spacial score (nSPS) is 13.2. The van der Waals surface area contributed by atoms with Crippen LogP contribution in [0.4, 0.5) is 5.69 Å². The zero-order chi connectivity index (χ0) is 23.8. The number of aryl methyl sites for hydroxylation is 2. The standard InChI is InChI=1S/C24H32N4O4S/c1-3-28(4-2)21-12-9-19(10-13-21)24(30)27-26-23(29)15-16-25-33(31,32)22-14-11-18-7-5-6-8-20(18)17-22/h9-14,17,25H,3-8,15-16H2,1-2H3,(H,26,29)(H,27,30). The molecular formula is C24H32N4O4S. The third-order valence-electron chi connectivity index (χ3n) is 5.85. The highest BCUT2D eigenvalue weighted by atomic mass is 32.2. The number of anilines is 1. The van der Waals surface area contributed by atoms with Crippen LogP contribution < -0.4 is 20.5 Å². The second-order valence-electron chi connectivity index (χ2n) is 8.01. The highest BCUT2D eigenvalue weighted by Crippen LogP contribution is 2.24. The molecule has 2 aromatic carbocycles. The highest BCUT2D eigenvalue weighted by Gasteiger charge is 2.18. The summed E-state index contributed by atoms with van der Waals surface area (Å²) in [5.74, 6) is -0.930. The molecule has 9 heteroatoms. The number of nitrogens with zero attached hydrogens (tertiary/aromatic N) is 1. The zero-order valence-electron chi connectivity index (χ0n) is 19.2. The summed E-state index contributed by atoms with van der Waals surface area (Å²) in [4.78, 5) is 26.7. The van der Waals surface area contributed by atoms with Gasteiger partial charge in [0.2, 0.25) is 15.9 Å². The van der Waals surface area contributed by atoms with Crippen LogP contribution in [0.5, 0.6) is 0 Å². The summed E-state index contributed by atoms with van der Waals surface area (Å²) < 4.78 is 27.6. The Hall–Kier alpha value is -2.91. The largest absolute Gasteiger partial charge is 0.372 e. The third kappa shape index (κ3) is 6.55. The van der Waals surface area contributed by atoms with Gasteiger partial charge in [0.25, 0.3) is 5.91 Å². The molecule has 178 valence electrons. The van der Waals surface area contributed by atoms with Gasteiger partial charge in [0.1, 0.15) is 0 Å². The van der Waals surface area contributed by atoms with Crippen LogP contribution in [0.3, 0.4) is 0 Å². The number of amides is 2. The Morgan fingerprint density at radius 2 is 1.58 bits per heavy atom. The second-order valence-corrected chi connectivity index (χ2v) is 9.77. The van der Waals surface area contributed by atoms with Gasteiger partial charge in [-0.25, -0.2) is 13.1 Å². The van der Waals surface area contributed by atoms with Crippen molar-refractivity contribution in [2.45, 2.75) is 50.8 Å². The molecule has 1 aliphatic carbocycles. The highest BCUT2D eigenvalue weighted by molar-refractivity contribution is 7.89. The van der Waals surface area contributed by atoms with Crippen molar-refractivity contribution in [2.75, 3.05) is 24.5 Å². The van der Waals surface area contributed by atoms with Gasteiger partial charge in [0.05, 0.1) is 4.90 Å². The van der Waals surface area contributed by atoms with E-state index in [-0.39, 0.29) is 17.9 Å². The molecule has 0 bridgehead atoms. The Labute approximate surface area is 195 Å². The number of sulfonamides is 1. The number of hydrazine groups is 1. The van der Waals surface area contributed by atoms with Crippen LogP contribution in [0, 0.1) is 0 Å². The van der Waals surface area contributed by atoms with Crippen LogP contribution in [0.15, 0.2) is 47.4 Å². The van der Waals surface area contributed by atoms with Gasteiger partial charge in [0, 0.05) is 37.3 Å². The molecule has 8 nitrogen and oxygen atoms in total. The van der Waals surface area contributed by atoms with Crippen LogP contribution in [0.2, 0.25) is 0 Å². The van der Waals surface area contributed by atoms with E-state index >= 15 is 0 Å². The van der Waals surface area contributed by atoms with E-state index in [4.69, 9.17) is 0 Å². The van der Waals surface area contributed by atoms with Gasteiger partial charge in [-0.3, -0.25) is 20.4 Å². The van der Waals surface area contributed by atoms with Crippen molar-refractivity contribution in [1.82, 2.24) is 15.6 Å². The molecule has 0 fully saturated rings. The van der Waals surface area contributed by atoms with Crippen LogP contribution >= 0.6 is 0 Å². The van der Waals surface area contributed by atoms with Gasteiger partial charge in [-0.2, -0.15) is 0 Å². The van der Waals surface area contributed by atoms with E-state index in [1.54, 1.807) is 24.3 Å². The first kappa shape index (κ1) is 24.7. The number of fused-ring (bicyclic) bond motifs is 1. The first-order valence-electron chi connectivity index (χ1n) is 11.4. The molecule has 3 N–H and O–H groups in total. The maximum Gasteiger partial charge on any atom is 0.269 e. The zero-order valence-corrected chi connectivity index (χ0v) is 20.0. The van der Waals surface area contributed by atoms with Crippen molar-refractivity contribution in [1.29, 1.82) is 0 Å². The van der Waals surface area contributed by atoms with Gasteiger partial charge < -0.3 is 4.90 Å². The second kappa shape index (κ2) is 11.3. The van der Waals surface area contributed by atoms with Gasteiger partial charge in [0.15, 0.2) is 0 Å². The number of nitrogens with one attached hydrogen (secondary N) is 3. The summed E-state index contributed by atoms with van der Waals surface area (Å²) in [6.07, 6.45) is 3.96. The van der Waals surface area contributed by atoms with Crippen LogP contribution in [-0.2, 0) is 27.7 Å². The summed E-state index contributed by atoms with van der Waals surface area (Å²) in [5, 5.41) is 0. The summed E-state index contributed by atoms with van der Waals surface area (Å²) in [7, 11) is -3.70. The Balaban J connectivity index is 1.45. The van der Waals surface area contributed by atoms with Crippen LogP contribution in [0.25, 0.3) is 0 Å². The van der Waals surface area contributed by atoms with E-state index in [9.17, 15) is 18.0 Å². The summed E-state index contributed by atoms with van der Waals surface area (Å²) >= 11 is 0. The fraction of sp³-hybridized carbons (Fsp3) is 0.417. The molecule has 2 aromatic rings. The van der Waals surface area contributed by atoms with E-state index in [0.29, 0.717) is 5.56 Å². The number of benzene rings is 2. The van der Waals surface area contributed by atoms with Gasteiger partial charge in [-0.1, -0.05) is 6.07 Å². The van der Waals surface area contributed by atoms with E-state index in [0.717, 1.165) is 50.0 Å². The van der Waals surface area contributed by atoms with Crippen molar-refractivity contribution >= 4 is 27.5 Å². The van der Waals surface area contributed by atoms with Gasteiger partial charge in [-0.05, 0) is 87.1 Å². The molecule has 2 amide bonds. The maximum absolute atomic E-state index is 12.6. The predicted octanol–water partition coefficient (Wildman–Crippen LogP) is 2.54. The lowest BCUT2D eigenvalue weighted by molar-refractivity contribution is -0.121. The number of carbonyl (C=O) groups is 2. The molecule has 0 aromatic heterocycles. The molecule has 0 spiro atoms. The Bertz CT molecular complexity index is 1080. The maximum atomic E-state index is 12.6. The minimum atomic E-state index is -3.70. The Kier molecular flexibility index (Phi) is 8.46. The van der Waals surface area contributed by atoms with E-state index in [1.807, 2.05) is 18.2 Å². The molecular weight excluding hydrogens is 440 g/mol. The topological polar surface area (TPSA) is 108 Å². The minimum absolute atomic E-state index is 0.0698. The average molecular weight is 473 g/mol. The number of hydrogen-bond donors (Lipinski definition) is 3. The fourth-order valence-corrected chi connectivity index (χ4v) is 5.01. The monoisotopic (exact) mass is 472 g/mol. The van der Waals surface area contributed by atoms with Gasteiger partial charge >= 0.3 is 0 Å². The molecule has 1 aliphatic rings. The quantitative estimate of drug-likeness (QED) is 0.486. The van der Waals surface area contributed by atoms with Crippen molar-refractivity contribution < 1.29 is 18.0 Å². The number of carbonyl (C=O) groups excluding carboxylic acids is 2. The first-order chi connectivity index (χ1) is 15.8. The minimum Gasteiger partial charge on any atom is -0.372 e. The van der Waals surface area contributed by atoms with Crippen LogP contribution in [0.1, 0.15) is 54.6 Å². The Morgan fingerprint density at radius 3 is 2.24 bits per heavy atom. The van der Waals surface area contributed by atoms with E-state index < -0.39 is 21.8 Å². The predicted molar refractivity (Wildman–Crippen MR) is 129 cm³/mol. The molecule has 0 unspecified atom stereocenters. The van der Waals surface area contributed by atoms with Crippen molar-refractivity contribution in [3.63, 3.8) is 0 Å². The molecule has 0 heterocycles. The van der Waals surface area contributed by atoms with Crippen LogP contribution in [-0.4, -0.2) is 39.9 Å². The molecule has 0 aliphatic heterocycles. The first-order valence-corrected chi connectivity index (χ1v) is 12.9. The lowest BCUT2D eigenvalue weighted by Crippen LogP contribution is -2.42. The van der Waals surface area contributed by atoms with E-state index in [1.165, 1.54) is 5.56 Å². The molecule has 0 radical (unpaired) electrons. The average Bonchev–Trinajstić information content (AvgIpc) is 2.83. The smallest absolute Gasteiger partial charge is 0.269 e. The summed E-state index contributed by atoms with van der Waals surface area (Å²) in [5.41, 5.74) is 8.40. The van der Waals surface area contributed by atoms with E-state index in [2.05, 4.69) is 34.3 Å². The van der Waals surface area contributed by atoms with Gasteiger partial charge in [-0.15, -0.1) is 0 Å². The summed E-state index contributed by atoms with van der Waals surface area (Å²) in [6.45, 7) is 5.79. The van der Waals surface area contributed by atoms with Crippen molar-refractivity contribution in [3.8, 4) is 0 Å². The lowest BCUT2D eigenvalue weighted by Gasteiger charge is -2.21. The number of rotatable bonds is 9. The third-order valence-corrected chi connectivity index (χ3v) is 7.31. The SMILES string of the molecule is CCN(CC)c1ccc(C(=O)NNC(=O)CCNS(=O)(=O)c2ccc3c(c2)CCCC3)cc1. The lowest BCUT2D eigenvalue weighted by atomic mass is 9.92. The molecule has 0 atom stereocenters. The number of hydrogen-bond acceptors (Lipinski definition) is 5. The van der Waals surface area contributed by atoms with Crippen molar-refractivity contribution in [3.05, 3.63) is 59.2 Å².